The highest BCUT2D eigenvalue weighted by Gasteiger charge is 2.26. The number of para-hydroxylation sites is 1. The monoisotopic (exact) mass is 612 g/mol. The molecule has 0 aliphatic carbocycles. The molecule has 0 spiro atoms. The molecule has 0 atom stereocenters. The maximum Gasteiger partial charge on any atom is 0.147 e. The lowest BCUT2D eigenvalue weighted by Crippen LogP contribution is -1.91. The van der Waals surface area contributed by atoms with Crippen LogP contribution in [0.1, 0.15) is 0 Å². The van der Waals surface area contributed by atoms with Crippen molar-refractivity contribution in [2.45, 2.75) is 0 Å². The molecule has 0 amide bonds. The third kappa shape index (κ3) is 4.00. The predicted octanol–water partition coefficient (Wildman–Crippen LogP) is 13.3. The molecular formula is C46H28O2. The van der Waals surface area contributed by atoms with E-state index in [4.69, 9.17) is 8.83 Å². The highest BCUT2D eigenvalue weighted by molar-refractivity contribution is 6.25. The predicted molar refractivity (Wildman–Crippen MR) is 200 cm³/mol. The molecule has 224 valence electrons. The fraction of sp³-hybridized carbons (Fsp3) is 0. The third-order valence-corrected chi connectivity index (χ3v) is 9.68. The minimum Gasteiger partial charge on any atom is -0.456 e. The van der Waals surface area contributed by atoms with E-state index in [1.54, 1.807) is 0 Å². The first kappa shape index (κ1) is 26.8. The zero-order chi connectivity index (χ0) is 31.6. The molecule has 10 rings (SSSR count). The summed E-state index contributed by atoms with van der Waals surface area (Å²) in [5.41, 5.74) is 10.7. The molecule has 0 unspecified atom stereocenters. The summed E-state index contributed by atoms with van der Waals surface area (Å²) in [7, 11) is 0. The summed E-state index contributed by atoms with van der Waals surface area (Å²) < 4.78 is 13.5. The van der Waals surface area contributed by atoms with Gasteiger partial charge in [0.2, 0.25) is 0 Å². The van der Waals surface area contributed by atoms with Crippen molar-refractivity contribution in [1.29, 1.82) is 0 Å². The Morgan fingerprint density at radius 3 is 1.52 bits per heavy atom. The lowest BCUT2D eigenvalue weighted by Gasteiger charge is -2.18. The van der Waals surface area contributed by atoms with Gasteiger partial charge in [-0.3, -0.25) is 0 Å². The molecule has 0 bridgehead atoms. The summed E-state index contributed by atoms with van der Waals surface area (Å²) in [5, 5.41) is 7.82. The SMILES string of the molecule is c1ccc(-c2cccc(-c3c4ccccc4c(-c4oc5c(ccc6oc7ccccc7c65)c4-c4ccccc4)c4ccccc34)c2)cc1. The van der Waals surface area contributed by atoms with Crippen LogP contribution >= 0.6 is 0 Å². The second-order valence-electron chi connectivity index (χ2n) is 12.4. The number of hydrogen-bond donors (Lipinski definition) is 0. The van der Waals surface area contributed by atoms with Gasteiger partial charge in [-0.15, -0.1) is 0 Å². The van der Waals surface area contributed by atoms with Gasteiger partial charge in [0.15, 0.2) is 0 Å². The average molecular weight is 613 g/mol. The summed E-state index contributed by atoms with van der Waals surface area (Å²) in [6, 6.07) is 60.1. The molecule has 0 aliphatic heterocycles. The van der Waals surface area contributed by atoms with Crippen LogP contribution in [0, 0.1) is 0 Å². The minimum atomic E-state index is 0.826. The smallest absolute Gasteiger partial charge is 0.147 e. The highest BCUT2D eigenvalue weighted by atomic mass is 16.3. The topological polar surface area (TPSA) is 26.3 Å². The van der Waals surface area contributed by atoms with Gasteiger partial charge in [0.1, 0.15) is 22.5 Å². The van der Waals surface area contributed by atoms with E-state index in [0.717, 1.165) is 66.1 Å². The first-order valence-corrected chi connectivity index (χ1v) is 16.4. The van der Waals surface area contributed by atoms with Crippen LogP contribution in [-0.4, -0.2) is 0 Å². The molecule has 2 heteroatoms. The fourth-order valence-corrected chi connectivity index (χ4v) is 7.60. The number of furan rings is 2. The fourth-order valence-electron chi connectivity index (χ4n) is 7.60. The van der Waals surface area contributed by atoms with Gasteiger partial charge in [-0.1, -0.05) is 146 Å². The van der Waals surface area contributed by atoms with Crippen molar-refractivity contribution in [2.75, 3.05) is 0 Å². The van der Waals surface area contributed by atoms with Crippen LogP contribution in [0.15, 0.2) is 179 Å². The molecule has 2 aromatic heterocycles. The first-order valence-electron chi connectivity index (χ1n) is 16.4. The van der Waals surface area contributed by atoms with E-state index in [0.29, 0.717) is 0 Å². The zero-order valence-corrected chi connectivity index (χ0v) is 26.0. The molecular weight excluding hydrogens is 585 g/mol. The quantitative estimate of drug-likeness (QED) is 0.185. The zero-order valence-electron chi connectivity index (χ0n) is 26.0. The Balaban J connectivity index is 1.34. The Morgan fingerprint density at radius 2 is 0.833 bits per heavy atom. The largest absolute Gasteiger partial charge is 0.456 e. The Labute approximate surface area is 277 Å². The van der Waals surface area contributed by atoms with Crippen molar-refractivity contribution in [3.05, 3.63) is 170 Å². The number of hydrogen-bond acceptors (Lipinski definition) is 2. The van der Waals surface area contributed by atoms with E-state index < -0.39 is 0 Å². The van der Waals surface area contributed by atoms with Crippen molar-refractivity contribution in [2.24, 2.45) is 0 Å². The van der Waals surface area contributed by atoms with Gasteiger partial charge < -0.3 is 8.83 Å². The van der Waals surface area contributed by atoms with Gasteiger partial charge in [-0.2, -0.15) is 0 Å². The van der Waals surface area contributed by atoms with Crippen LogP contribution in [0.25, 0.3) is 99.2 Å². The molecule has 10 aromatic rings. The maximum absolute atomic E-state index is 7.20. The Hall–Kier alpha value is -6.38. The van der Waals surface area contributed by atoms with Crippen molar-refractivity contribution in [1.82, 2.24) is 0 Å². The molecule has 0 radical (unpaired) electrons. The molecule has 0 aliphatic rings. The van der Waals surface area contributed by atoms with E-state index in [9.17, 15) is 0 Å². The number of fused-ring (bicyclic) bond motifs is 7. The first-order chi connectivity index (χ1) is 23.8. The van der Waals surface area contributed by atoms with Crippen LogP contribution in [0.3, 0.4) is 0 Å². The van der Waals surface area contributed by atoms with Crippen molar-refractivity contribution in [3.8, 4) is 44.7 Å². The van der Waals surface area contributed by atoms with Gasteiger partial charge in [0, 0.05) is 21.9 Å². The van der Waals surface area contributed by atoms with Crippen molar-refractivity contribution < 1.29 is 8.83 Å². The summed E-state index contributed by atoms with van der Waals surface area (Å²) in [6.45, 7) is 0. The third-order valence-electron chi connectivity index (χ3n) is 9.68. The Kier molecular flexibility index (Phi) is 5.91. The highest BCUT2D eigenvalue weighted by Crippen LogP contribution is 2.50. The molecule has 0 saturated carbocycles. The standard InChI is InChI=1S/C46H28O2/c1-3-14-29(15-4-1)31-18-13-19-32(28-31)41-33-20-7-9-22-35(33)43(36-23-10-8-21-34(36)41)46-42(30-16-5-2-6-17-30)38-26-27-40-44(45(38)48-46)37-24-11-12-25-39(37)47-40/h1-28H. The molecule has 0 N–H and O–H groups in total. The number of rotatable bonds is 4. The lowest BCUT2D eigenvalue weighted by atomic mass is 9.85. The number of benzene rings is 8. The van der Waals surface area contributed by atoms with Crippen LogP contribution in [-0.2, 0) is 0 Å². The summed E-state index contributed by atoms with van der Waals surface area (Å²) in [6.07, 6.45) is 0. The van der Waals surface area contributed by atoms with Gasteiger partial charge in [-0.25, -0.2) is 0 Å². The second-order valence-corrected chi connectivity index (χ2v) is 12.4. The molecule has 2 nitrogen and oxygen atoms in total. The van der Waals surface area contributed by atoms with Crippen LogP contribution in [0.5, 0.6) is 0 Å². The molecule has 0 fully saturated rings. The van der Waals surface area contributed by atoms with Gasteiger partial charge >= 0.3 is 0 Å². The van der Waals surface area contributed by atoms with Gasteiger partial charge in [0.25, 0.3) is 0 Å². The van der Waals surface area contributed by atoms with E-state index in [1.165, 1.54) is 33.0 Å². The second kappa shape index (κ2) is 10.6. The summed E-state index contributed by atoms with van der Waals surface area (Å²) >= 11 is 0. The van der Waals surface area contributed by atoms with Crippen LogP contribution < -0.4 is 0 Å². The molecule has 48 heavy (non-hydrogen) atoms. The normalized spacial score (nSPS) is 11.8. The van der Waals surface area contributed by atoms with E-state index in [2.05, 4.69) is 158 Å². The van der Waals surface area contributed by atoms with Crippen molar-refractivity contribution >= 4 is 54.5 Å². The van der Waals surface area contributed by atoms with Crippen molar-refractivity contribution in [3.63, 3.8) is 0 Å². The Bertz CT molecular complexity index is 2760. The van der Waals surface area contributed by atoms with Gasteiger partial charge in [-0.05, 0) is 73.6 Å². The van der Waals surface area contributed by atoms with E-state index >= 15 is 0 Å². The van der Waals surface area contributed by atoms with E-state index in [1.807, 2.05) is 12.1 Å². The van der Waals surface area contributed by atoms with Crippen LogP contribution in [0.4, 0.5) is 0 Å². The lowest BCUT2D eigenvalue weighted by molar-refractivity contribution is 0.636. The molecule has 0 saturated heterocycles. The van der Waals surface area contributed by atoms with Crippen LogP contribution in [0.2, 0.25) is 0 Å². The Morgan fingerprint density at radius 1 is 0.292 bits per heavy atom. The average Bonchev–Trinajstić information content (AvgIpc) is 3.73. The summed E-state index contributed by atoms with van der Waals surface area (Å²) in [4.78, 5) is 0. The molecule has 8 aromatic carbocycles. The van der Waals surface area contributed by atoms with Gasteiger partial charge in [0.05, 0.1) is 5.39 Å². The summed E-state index contributed by atoms with van der Waals surface area (Å²) in [5.74, 6) is 0.867. The maximum atomic E-state index is 7.20. The molecule has 2 heterocycles. The van der Waals surface area contributed by atoms with E-state index in [-0.39, 0.29) is 0 Å². The minimum absolute atomic E-state index is 0.826.